The number of hydrogen-bond acceptors (Lipinski definition) is 3. The minimum atomic E-state index is -0.313. The predicted octanol–water partition coefficient (Wildman–Crippen LogP) is 3.93. The fraction of sp³-hybridized carbons (Fsp3) is 0.0870. The molecule has 2 aromatic heterocycles. The molecule has 2 aromatic carbocycles. The van der Waals surface area contributed by atoms with Crippen LogP contribution in [0.2, 0.25) is 0 Å². The van der Waals surface area contributed by atoms with Crippen molar-refractivity contribution in [3.8, 4) is 16.9 Å². The molecular weight excluding hydrogens is 367 g/mol. The third-order valence-electron chi connectivity index (χ3n) is 4.49. The van der Waals surface area contributed by atoms with Crippen LogP contribution < -0.4 is 5.32 Å². The Morgan fingerprint density at radius 3 is 2.52 bits per heavy atom. The number of rotatable bonds is 6. The monoisotopic (exact) mass is 386 g/mol. The lowest BCUT2D eigenvalue weighted by Gasteiger charge is -2.05. The number of benzene rings is 2. The third kappa shape index (κ3) is 4.55. The largest absolute Gasteiger partial charge is 0.352 e. The van der Waals surface area contributed by atoms with Crippen molar-refractivity contribution in [1.29, 1.82) is 0 Å². The number of para-hydroxylation sites is 1. The second kappa shape index (κ2) is 8.48. The highest BCUT2D eigenvalue weighted by Crippen LogP contribution is 2.24. The molecule has 0 spiro atoms. The third-order valence-corrected chi connectivity index (χ3v) is 4.49. The van der Waals surface area contributed by atoms with E-state index in [-0.39, 0.29) is 18.1 Å². The molecule has 4 rings (SSSR count). The normalized spacial score (nSPS) is 10.7. The van der Waals surface area contributed by atoms with Gasteiger partial charge in [0, 0.05) is 36.3 Å². The van der Waals surface area contributed by atoms with Gasteiger partial charge in [-0.15, -0.1) is 0 Å². The molecule has 1 N–H and O–H groups in total. The Morgan fingerprint density at radius 1 is 1.00 bits per heavy atom. The molecule has 5 nitrogen and oxygen atoms in total. The number of carbonyl (C=O) groups is 1. The Labute approximate surface area is 167 Å². The van der Waals surface area contributed by atoms with Crippen molar-refractivity contribution in [2.75, 3.05) is 0 Å². The SMILES string of the molecule is O=C(Cc1cn(-c2ccccc2)nc1-c1ccc(F)cc1)NCc1cccnc1. The molecule has 6 heteroatoms. The highest BCUT2D eigenvalue weighted by atomic mass is 19.1. The van der Waals surface area contributed by atoms with E-state index < -0.39 is 0 Å². The summed E-state index contributed by atoms with van der Waals surface area (Å²) in [5.41, 5.74) is 4.00. The minimum Gasteiger partial charge on any atom is -0.352 e. The Hall–Kier alpha value is -3.80. The fourth-order valence-corrected chi connectivity index (χ4v) is 3.04. The van der Waals surface area contributed by atoms with Crippen molar-refractivity contribution in [1.82, 2.24) is 20.1 Å². The van der Waals surface area contributed by atoms with Crippen LogP contribution >= 0.6 is 0 Å². The van der Waals surface area contributed by atoms with E-state index in [4.69, 9.17) is 0 Å². The second-order valence-electron chi connectivity index (χ2n) is 6.60. The molecule has 0 aliphatic rings. The van der Waals surface area contributed by atoms with Crippen molar-refractivity contribution < 1.29 is 9.18 Å². The van der Waals surface area contributed by atoms with E-state index in [1.807, 2.05) is 48.7 Å². The van der Waals surface area contributed by atoms with Crippen molar-refractivity contribution in [2.45, 2.75) is 13.0 Å². The molecule has 0 saturated carbocycles. The summed E-state index contributed by atoms with van der Waals surface area (Å²) >= 11 is 0. The zero-order chi connectivity index (χ0) is 20.1. The molecular formula is C23H19FN4O. The molecule has 0 radical (unpaired) electrons. The maximum atomic E-state index is 13.3. The van der Waals surface area contributed by atoms with E-state index in [0.29, 0.717) is 12.2 Å². The molecule has 4 aromatic rings. The van der Waals surface area contributed by atoms with Crippen LogP contribution in [0.1, 0.15) is 11.1 Å². The molecule has 0 saturated heterocycles. The summed E-state index contributed by atoms with van der Waals surface area (Å²) in [6.45, 7) is 0.408. The maximum Gasteiger partial charge on any atom is 0.224 e. The van der Waals surface area contributed by atoms with Gasteiger partial charge in [-0.3, -0.25) is 9.78 Å². The van der Waals surface area contributed by atoms with E-state index in [1.54, 1.807) is 29.2 Å². The molecule has 0 unspecified atom stereocenters. The van der Waals surface area contributed by atoms with E-state index in [2.05, 4.69) is 15.4 Å². The molecule has 0 aliphatic heterocycles. The first-order valence-corrected chi connectivity index (χ1v) is 9.24. The molecule has 2 heterocycles. The second-order valence-corrected chi connectivity index (χ2v) is 6.60. The molecule has 29 heavy (non-hydrogen) atoms. The number of pyridine rings is 1. The van der Waals surface area contributed by atoms with Gasteiger partial charge in [-0.25, -0.2) is 9.07 Å². The van der Waals surface area contributed by atoms with Gasteiger partial charge in [0.15, 0.2) is 0 Å². The predicted molar refractivity (Wildman–Crippen MR) is 109 cm³/mol. The zero-order valence-electron chi connectivity index (χ0n) is 15.6. The van der Waals surface area contributed by atoms with Crippen LogP contribution in [0.15, 0.2) is 85.3 Å². The van der Waals surface area contributed by atoms with Gasteiger partial charge in [-0.05, 0) is 48.0 Å². The maximum absolute atomic E-state index is 13.3. The summed E-state index contributed by atoms with van der Waals surface area (Å²) in [6, 6.07) is 19.5. The molecule has 0 atom stereocenters. The molecule has 0 aliphatic carbocycles. The highest BCUT2D eigenvalue weighted by molar-refractivity contribution is 5.81. The summed E-state index contributed by atoms with van der Waals surface area (Å²) in [5, 5.41) is 7.56. The Morgan fingerprint density at radius 2 is 1.79 bits per heavy atom. The number of hydrogen-bond donors (Lipinski definition) is 1. The number of nitrogens with zero attached hydrogens (tertiary/aromatic N) is 3. The van der Waals surface area contributed by atoms with Gasteiger partial charge in [0.05, 0.1) is 17.8 Å². The van der Waals surface area contributed by atoms with E-state index in [0.717, 1.165) is 22.4 Å². The first-order chi connectivity index (χ1) is 14.2. The fourth-order valence-electron chi connectivity index (χ4n) is 3.04. The van der Waals surface area contributed by atoms with Gasteiger partial charge < -0.3 is 5.32 Å². The average molecular weight is 386 g/mol. The van der Waals surface area contributed by atoms with Gasteiger partial charge in [0.1, 0.15) is 5.82 Å². The summed E-state index contributed by atoms with van der Waals surface area (Å²) < 4.78 is 15.1. The summed E-state index contributed by atoms with van der Waals surface area (Å²) in [6.07, 6.45) is 5.42. The van der Waals surface area contributed by atoms with Crippen molar-refractivity contribution >= 4 is 5.91 Å². The zero-order valence-corrected chi connectivity index (χ0v) is 15.6. The number of amides is 1. The van der Waals surface area contributed by atoms with Crippen LogP contribution in [0.25, 0.3) is 16.9 Å². The lowest BCUT2D eigenvalue weighted by atomic mass is 10.1. The molecule has 0 bridgehead atoms. The van der Waals surface area contributed by atoms with Gasteiger partial charge in [-0.1, -0.05) is 24.3 Å². The smallest absolute Gasteiger partial charge is 0.224 e. The van der Waals surface area contributed by atoms with E-state index in [1.165, 1.54) is 12.1 Å². The van der Waals surface area contributed by atoms with Crippen LogP contribution in [0.5, 0.6) is 0 Å². The topological polar surface area (TPSA) is 59.8 Å². The Balaban J connectivity index is 1.59. The molecule has 144 valence electrons. The molecule has 1 amide bonds. The first kappa shape index (κ1) is 18.6. The van der Waals surface area contributed by atoms with Crippen molar-refractivity contribution in [3.63, 3.8) is 0 Å². The quantitative estimate of drug-likeness (QED) is 0.546. The highest BCUT2D eigenvalue weighted by Gasteiger charge is 2.15. The van der Waals surface area contributed by atoms with Gasteiger partial charge in [-0.2, -0.15) is 5.10 Å². The number of halogens is 1. The Bertz CT molecular complexity index is 1090. The minimum absolute atomic E-state index is 0.121. The lowest BCUT2D eigenvalue weighted by molar-refractivity contribution is -0.120. The van der Waals surface area contributed by atoms with Crippen LogP contribution in [0.4, 0.5) is 4.39 Å². The van der Waals surface area contributed by atoms with Crippen LogP contribution in [0, 0.1) is 5.82 Å². The van der Waals surface area contributed by atoms with Crippen molar-refractivity contribution in [3.05, 3.63) is 102 Å². The van der Waals surface area contributed by atoms with Crippen LogP contribution in [-0.4, -0.2) is 20.7 Å². The average Bonchev–Trinajstić information content (AvgIpc) is 3.18. The summed E-state index contributed by atoms with van der Waals surface area (Å²) in [7, 11) is 0. The first-order valence-electron chi connectivity index (χ1n) is 9.24. The van der Waals surface area contributed by atoms with Crippen LogP contribution in [0.3, 0.4) is 0 Å². The number of nitrogens with one attached hydrogen (secondary N) is 1. The summed E-state index contributed by atoms with van der Waals surface area (Å²) in [4.78, 5) is 16.6. The number of aromatic nitrogens is 3. The standard InChI is InChI=1S/C23H19FN4O/c24-20-10-8-18(9-11-20)23-19(16-28(27-23)21-6-2-1-3-7-21)13-22(29)26-15-17-5-4-12-25-14-17/h1-12,14,16H,13,15H2,(H,26,29). The van der Waals surface area contributed by atoms with Crippen LogP contribution in [-0.2, 0) is 17.8 Å². The van der Waals surface area contributed by atoms with Gasteiger partial charge >= 0.3 is 0 Å². The van der Waals surface area contributed by atoms with Gasteiger partial charge in [0.25, 0.3) is 0 Å². The van der Waals surface area contributed by atoms with Crippen molar-refractivity contribution in [2.24, 2.45) is 0 Å². The summed E-state index contributed by atoms with van der Waals surface area (Å²) in [5.74, 6) is -0.433. The van der Waals surface area contributed by atoms with E-state index >= 15 is 0 Å². The Kier molecular flexibility index (Phi) is 5.42. The molecule has 0 fully saturated rings. The number of carbonyl (C=O) groups excluding carboxylic acids is 1. The van der Waals surface area contributed by atoms with E-state index in [9.17, 15) is 9.18 Å². The van der Waals surface area contributed by atoms with Gasteiger partial charge in [0.2, 0.25) is 5.91 Å². The lowest BCUT2D eigenvalue weighted by Crippen LogP contribution is -2.24.